The molecule has 1 fully saturated rings. The van der Waals surface area contributed by atoms with E-state index in [1.54, 1.807) is 4.90 Å². The number of likely N-dealkylation sites (tertiary alicyclic amines) is 1. The van der Waals surface area contributed by atoms with Gasteiger partial charge in [0.15, 0.2) is 0 Å². The van der Waals surface area contributed by atoms with Gasteiger partial charge in [0.05, 0.1) is 16.7 Å². The standard InChI is InChI=1S/C14H14FN3O4S/c15-13-7-11(23(20,21)17-10-8-16-22-9-10)3-4-12(13)14(19)18-5-1-2-6-18/h3-4,7-9,17H,1-2,5-6H2. The highest BCUT2D eigenvalue weighted by atomic mass is 32.2. The molecule has 0 spiro atoms. The first-order valence-electron chi connectivity index (χ1n) is 6.98. The largest absolute Gasteiger partial charge is 0.362 e. The molecule has 1 N–H and O–H groups in total. The van der Waals surface area contributed by atoms with E-state index >= 15 is 0 Å². The van der Waals surface area contributed by atoms with E-state index in [0.29, 0.717) is 13.1 Å². The van der Waals surface area contributed by atoms with Crippen LogP contribution >= 0.6 is 0 Å². The van der Waals surface area contributed by atoms with Gasteiger partial charge in [-0.2, -0.15) is 0 Å². The molecular weight excluding hydrogens is 325 g/mol. The third-order valence-corrected chi connectivity index (χ3v) is 4.94. The summed E-state index contributed by atoms with van der Waals surface area (Å²) in [6.07, 6.45) is 4.07. The monoisotopic (exact) mass is 339 g/mol. The first-order valence-corrected chi connectivity index (χ1v) is 8.47. The van der Waals surface area contributed by atoms with Crippen LogP contribution in [0, 0.1) is 5.82 Å². The molecule has 1 aromatic heterocycles. The van der Waals surface area contributed by atoms with E-state index in [0.717, 1.165) is 25.2 Å². The zero-order valence-electron chi connectivity index (χ0n) is 12.0. The second-order valence-corrected chi connectivity index (χ2v) is 6.84. The van der Waals surface area contributed by atoms with Crippen molar-refractivity contribution in [2.24, 2.45) is 0 Å². The fraction of sp³-hybridized carbons (Fsp3) is 0.286. The number of aromatic nitrogens is 1. The van der Waals surface area contributed by atoms with Crippen LogP contribution in [-0.2, 0) is 10.0 Å². The van der Waals surface area contributed by atoms with Crippen LogP contribution < -0.4 is 4.72 Å². The van der Waals surface area contributed by atoms with Crippen LogP contribution in [0.25, 0.3) is 0 Å². The minimum Gasteiger partial charge on any atom is -0.362 e. The molecule has 0 aliphatic carbocycles. The SMILES string of the molecule is O=C(c1ccc(S(=O)(=O)Nc2cnoc2)cc1F)N1CCCC1. The summed E-state index contributed by atoms with van der Waals surface area (Å²) in [5.41, 5.74) is -0.00143. The Hall–Kier alpha value is -2.42. The average Bonchev–Trinajstić information content (AvgIpc) is 3.19. The molecule has 1 aliphatic heterocycles. The second-order valence-electron chi connectivity index (χ2n) is 5.16. The normalized spacial score (nSPS) is 14.9. The van der Waals surface area contributed by atoms with Crippen molar-refractivity contribution in [2.75, 3.05) is 17.8 Å². The Balaban J connectivity index is 1.85. The molecule has 9 heteroatoms. The number of nitrogens with one attached hydrogen (secondary N) is 1. The van der Waals surface area contributed by atoms with Gasteiger partial charge in [-0.25, -0.2) is 12.8 Å². The van der Waals surface area contributed by atoms with Crippen LogP contribution in [0.5, 0.6) is 0 Å². The van der Waals surface area contributed by atoms with E-state index in [4.69, 9.17) is 0 Å². The lowest BCUT2D eigenvalue weighted by molar-refractivity contribution is 0.0788. The number of carbonyl (C=O) groups is 1. The topological polar surface area (TPSA) is 92.5 Å². The van der Waals surface area contributed by atoms with Crippen molar-refractivity contribution in [1.29, 1.82) is 0 Å². The third-order valence-electron chi connectivity index (χ3n) is 3.56. The van der Waals surface area contributed by atoms with Gasteiger partial charge in [-0.1, -0.05) is 5.16 Å². The van der Waals surface area contributed by atoms with Crippen molar-refractivity contribution in [3.63, 3.8) is 0 Å². The molecule has 1 amide bonds. The van der Waals surface area contributed by atoms with E-state index in [9.17, 15) is 17.6 Å². The number of rotatable bonds is 4. The molecule has 1 aliphatic rings. The van der Waals surface area contributed by atoms with Crippen LogP contribution in [0.15, 0.2) is 40.1 Å². The summed E-state index contributed by atoms with van der Waals surface area (Å²) in [4.78, 5) is 13.5. The zero-order chi connectivity index (χ0) is 16.4. The minimum absolute atomic E-state index is 0.127. The Labute approximate surface area is 132 Å². The first-order chi connectivity index (χ1) is 11.0. The number of benzene rings is 1. The number of nitrogens with zero attached hydrogens (tertiary/aromatic N) is 2. The van der Waals surface area contributed by atoms with Gasteiger partial charge >= 0.3 is 0 Å². The van der Waals surface area contributed by atoms with Crippen LogP contribution in [0.4, 0.5) is 10.1 Å². The second kappa shape index (κ2) is 5.99. The van der Waals surface area contributed by atoms with Crippen molar-refractivity contribution in [3.8, 4) is 0 Å². The molecule has 0 atom stereocenters. The number of halogens is 1. The number of hydrogen-bond donors (Lipinski definition) is 1. The van der Waals surface area contributed by atoms with Gasteiger partial charge < -0.3 is 9.42 Å². The number of amides is 1. The molecule has 1 saturated heterocycles. The lowest BCUT2D eigenvalue weighted by Gasteiger charge is -2.16. The van der Waals surface area contributed by atoms with Crippen molar-refractivity contribution in [3.05, 3.63) is 42.0 Å². The van der Waals surface area contributed by atoms with Crippen molar-refractivity contribution in [2.45, 2.75) is 17.7 Å². The van der Waals surface area contributed by atoms with Gasteiger partial charge in [-0.05, 0) is 31.0 Å². The summed E-state index contributed by atoms with van der Waals surface area (Å²) in [6.45, 7) is 1.18. The Morgan fingerprint density at radius 1 is 1.30 bits per heavy atom. The highest BCUT2D eigenvalue weighted by Crippen LogP contribution is 2.21. The van der Waals surface area contributed by atoms with Crippen molar-refractivity contribution >= 4 is 21.6 Å². The first kappa shape index (κ1) is 15.5. The summed E-state index contributed by atoms with van der Waals surface area (Å²) in [5, 5.41) is 3.37. The lowest BCUT2D eigenvalue weighted by Crippen LogP contribution is -2.28. The summed E-state index contributed by atoms with van der Waals surface area (Å²) in [7, 11) is -3.98. The molecule has 23 heavy (non-hydrogen) atoms. The van der Waals surface area contributed by atoms with Gasteiger partial charge in [0.1, 0.15) is 17.8 Å². The zero-order valence-corrected chi connectivity index (χ0v) is 12.8. The highest BCUT2D eigenvalue weighted by molar-refractivity contribution is 7.92. The summed E-state index contributed by atoms with van der Waals surface area (Å²) < 4.78 is 45.2. The maximum atomic E-state index is 14.2. The molecule has 0 bridgehead atoms. The molecule has 2 heterocycles. The Bertz CT molecular complexity index is 815. The number of carbonyl (C=O) groups excluding carboxylic acids is 1. The maximum absolute atomic E-state index is 14.2. The third kappa shape index (κ3) is 3.19. The van der Waals surface area contributed by atoms with Crippen LogP contribution in [0.2, 0.25) is 0 Å². The Morgan fingerprint density at radius 2 is 2.04 bits per heavy atom. The highest BCUT2D eigenvalue weighted by Gasteiger charge is 2.24. The molecule has 0 radical (unpaired) electrons. The van der Waals surface area contributed by atoms with Crippen LogP contribution in [0.3, 0.4) is 0 Å². The fourth-order valence-corrected chi connectivity index (χ4v) is 3.43. The minimum atomic E-state index is -3.98. The van der Waals surface area contributed by atoms with Gasteiger partial charge in [0, 0.05) is 13.1 Å². The molecule has 3 rings (SSSR count). The molecule has 0 unspecified atom stereocenters. The van der Waals surface area contributed by atoms with Crippen LogP contribution in [0.1, 0.15) is 23.2 Å². The Morgan fingerprint density at radius 3 is 2.65 bits per heavy atom. The van der Waals surface area contributed by atoms with E-state index in [1.165, 1.54) is 18.3 Å². The predicted molar refractivity (Wildman–Crippen MR) is 78.8 cm³/mol. The van der Waals surface area contributed by atoms with E-state index < -0.39 is 21.7 Å². The smallest absolute Gasteiger partial charge is 0.262 e. The molecule has 7 nitrogen and oxygen atoms in total. The van der Waals surface area contributed by atoms with Crippen molar-refractivity contribution < 1.29 is 22.1 Å². The Kier molecular flexibility index (Phi) is 4.03. The molecule has 0 saturated carbocycles. The molecule has 2 aromatic rings. The number of hydrogen-bond acceptors (Lipinski definition) is 5. The fourth-order valence-electron chi connectivity index (χ4n) is 2.40. The molecule has 1 aromatic carbocycles. The van der Waals surface area contributed by atoms with Crippen molar-refractivity contribution in [1.82, 2.24) is 10.1 Å². The van der Waals surface area contributed by atoms with Crippen LogP contribution in [-0.4, -0.2) is 37.5 Å². The van der Waals surface area contributed by atoms with E-state index in [1.807, 2.05) is 0 Å². The van der Waals surface area contributed by atoms with Gasteiger partial charge in [-0.15, -0.1) is 0 Å². The lowest BCUT2D eigenvalue weighted by atomic mass is 10.2. The van der Waals surface area contributed by atoms with Gasteiger partial charge in [-0.3, -0.25) is 9.52 Å². The van der Waals surface area contributed by atoms with Gasteiger partial charge in [0.2, 0.25) is 0 Å². The summed E-state index contributed by atoms with van der Waals surface area (Å²) >= 11 is 0. The molecule has 122 valence electrons. The number of anilines is 1. The summed E-state index contributed by atoms with van der Waals surface area (Å²) in [5.74, 6) is -1.29. The van der Waals surface area contributed by atoms with E-state index in [2.05, 4.69) is 14.4 Å². The maximum Gasteiger partial charge on any atom is 0.262 e. The number of sulfonamides is 1. The average molecular weight is 339 g/mol. The molecular formula is C14H14FN3O4S. The quantitative estimate of drug-likeness (QED) is 0.918. The van der Waals surface area contributed by atoms with Gasteiger partial charge in [0.25, 0.3) is 15.9 Å². The predicted octanol–water partition coefficient (Wildman–Crippen LogP) is 1.85. The van der Waals surface area contributed by atoms with E-state index in [-0.39, 0.29) is 16.1 Å². The summed E-state index contributed by atoms with van der Waals surface area (Å²) in [6, 6.07) is 3.22.